The average molecular weight is 367 g/mol. The molecule has 1 amide bonds. The van der Waals surface area contributed by atoms with E-state index in [2.05, 4.69) is 5.32 Å². The van der Waals surface area contributed by atoms with Gasteiger partial charge in [-0.15, -0.1) is 11.3 Å². The summed E-state index contributed by atoms with van der Waals surface area (Å²) in [4.78, 5) is 26.3. The second-order valence-corrected chi connectivity index (χ2v) is 7.72. The maximum absolute atomic E-state index is 13.0. The van der Waals surface area contributed by atoms with Crippen LogP contribution in [-0.2, 0) is 9.59 Å². The second kappa shape index (κ2) is 7.08. The number of ether oxygens (including phenoxy) is 1. The van der Waals surface area contributed by atoms with Gasteiger partial charge in [0.15, 0.2) is 5.78 Å². The van der Waals surface area contributed by atoms with Crippen LogP contribution in [0.4, 0.5) is 0 Å². The summed E-state index contributed by atoms with van der Waals surface area (Å²) in [5, 5.41) is 4.97. The Balaban J connectivity index is 1.63. The Morgan fingerprint density at radius 1 is 1.12 bits per heavy atom. The fraction of sp³-hybridized carbons (Fsp3) is 0.333. The zero-order chi connectivity index (χ0) is 18.1. The summed E-state index contributed by atoms with van der Waals surface area (Å²) >= 11 is 1.61. The number of nitrogens with one attached hydrogen (secondary N) is 1. The minimum Gasteiger partial charge on any atom is -0.494 e. The molecule has 0 spiro atoms. The molecule has 4 nitrogen and oxygen atoms in total. The third-order valence-corrected chi connectivity index (χ3v) is 6.07. The molecule has 2 aromatic rings. The van der Waals surface area contributed by atoms with Crippen LogP contribution in [0.15, 0.2) is 53.0 Å². The van der Waals surface area contributed by atoms with Crippen LogP contribution in [0.25, 0.3) is 0 Å². The Hall–Kier alpha value is -2.40. The lowest BCUT2D eigenvalue weighted by Crippen LogP contribution is -2.37. The fourth-order valence-electron chi connectivity index (χ4n) is 3.93. The number of benzene rings is 1. The lowest BCUT2D eigenvalue weighted by Gasteiger charge is -2.34. The highest BCUT2D eigenvalue weighted by atomic mass is 32.1. The largest absolute Gasteiger partial charge is 0.494 e. The molecule has 1 N–H and O–H groups in total. The normalized spacial score (nSPS) is 22.8. The minimum absolute atomic E-state index is 0.00212. The van der Waals surface area contributed by atoms with Crippen molar-refractivity contribution in [2.75, 3.05) is 6.61 Å². The highest BCUT2D eigenvalue weighted by Crippen LogP contribution is 2.43. The molecule has 1 aliphatic heterocycles. The summed E-state index contributed by atoms with van der Waals surface area (Å²) in [5.74, 6) is 1.000. The zero-order valence-electron chi connectivity index (χ0n) is 14.7. The van der Waals surface area contributed by atoms with Gasteiger partial charge >= 0.3 is 0 Å². The number of rotatable bonds is 4. The molecule has 5 heteroatoms. The molecule has 0 saturated heterocycles. The Bertz CT molecular complexity index is 852. The van der Waals surface area contributed by atoms with E-state index in [0.717, 1.165) is 27.5 Å². The molecule has 26 heavy (non-hydrogen) atoms. The molecule has 0 saturated carbocycles. The number of thiophene rings is 1. The Morgan fingerprint density at radius 3 is 2.62 bits per heavy atom. The highest BCUT2D eigenvalue weighted by molar-refractivity contribution is 7.10. The van der Waals surface area contributed by atoms with Crippen molar-refractivity contribution in [2.45, 2.75) is 38.0 Å². The smallest absolute Gasteiger partial charge is 0.225 e. The molecule has 2 unspecified atom stereocenters. The van der Waals surface area contributed by atoms with Crippen molar-refractivity contribution in [1.82, 2.24) is 5.32 Å². The standard InChI is InChI=1S/C21H21NO3S/c1-2-25-15-7-5-13(6-8-15)14-10-17-21(18(23)11-14)16(12-20(24)22-17)19-4-3-9-26-19/h3-9,14,16H,2,10-12H2,1H3,(H,22,24). The molecule has 0 fully saturated rings. The van der Waals surface area contributed by atoms with Crippen LogP contribution < -0.4 is 10.1 Å². The average Bonchev–Trinajstić information content (AvgIpc) is 3.16. The van der Waals surface area contributed by atoms with E-state index in [-0.39, 0.29) is 23.5 Å². The number of hydrogen-bond donors (Lipinski definition) is 1. The number of ketones is 1. The Labute approximate surface area is 156 Å². The van der Waals surface area contributed by atoms with Gasteiger partial charge in [-0.2, -0.15) is 0 Å². The number of carbonyl (C=O) groups is 2. The number of hydrogen-bond acceptors (Lipinski definition) is 4. The molecule has 0 radical (unpaired) electrons. The van der Waals surface area contributed by atoms with E-state index in [1.165, 1.54) is 0 Å². The Morgan fingerprint density at radius 2 is 1.92 bits per heavy atom. The first-order valence-corrected chi connectivity index (χ1v) is 9.86. The highest BCUT2D eigenvalue weighted by Gasteiger charge is 2.38. The molecule has 1 aromatic heterocycles. The van der Waals surface area contributed by atoms with Crippen LogP contribution in [0.3, 0.4) is 0 Å². The van der Waals surface area contributed by atoms with Crippen molar-refractivity contribution in [3.8, 4) is 5.75 Å². The van der Waals surface area contributed by atoms with E-state index < -0.39 is 0 Å². The third-order valence-electron chi connectivity index (χ3n) is 5.09. The molecule has 2 heterocycles. The monoisotopic (exact) mass is 367 g/mol. The van der Waals surface area contributed by atoms with Gasteiger partial charge in [-0.3, -0.25) is 9.59 Å². The van der Waals surface area contributed by atoms with Crippen molar-refractivity contribution in [3.63, 3.8) is 0 Å². The number of carbonyl (C=O) groups excluding carboxylic acids is 2. The molecule has 134 valence electrons. The van der Waals surface area contributed by atoms with Crippen LogP contribution in [0.2, 0.25) is 0 Å². The molecule has 1 aliphatic carbocycles. The lowest BCUT2D eigenvalue weighted by atomic mass is 9.75. The predicted molar refractivity (Wildman–Crippen MR) is 101 cm³/mol. The van der Waals surface area contributed by atoms with Crippen LogP contribution in [0.1, 0.15) is 48.5 Å². The summed E-state index contributed by atoms with van der Waals surface area (Å²) in [6, 6.07) is 11.9. The molecule has 1 aromatic carbocycles. The van der Waals surface area contributed by atoms with E-state index in [4.69, 9.17) is 4.74 Å². The number of amides is 1. The van der Waals surface area contributed by atoms with Gasteiger partial charge in [0.05, 0.1) is 6.61 Å². The second-order valence-electron chi connectivity index (χ2n) is 6.74. The molecular formula is C21H21NO3S. The van der Waals surface area contributed by atoms with Gasteiger partial charge < -0.3 is 10.1 Å². The first kappa shape index (κ1) is 17.0. The van der Waals surface area contributed by atoms with Gasteiger partial charge in [0.1, 0.15) is 5.75 Å². The molecule has 2 aliphatic rings. The van der Waals surface area contributed by atoms with Crippen LogP contribution in [0, 0.1) is 0 Å². The lowest BCUT2D eigenvalue weighted by molar-refractivity contribution is -0.122. The fourth-order valence-corrected chi connectivity index (χ4v) is 4.77. The van der Waals surface area contributed by atoms with Crippen molar-refractivity contribution in [3.05, 3.63) is 63.5 Å². The van der Waals surface area contributed by atoms with E-state index in [1.54, 1.807) is 11.3 Å². The third kappa shape index (κ3) is 3.19. The molecule has 0 bridgehead atoms. The quantitative estimate of drug-likeness (QED) is 0.883. The van der Waals surface area contributed by atoms with Crippen molar-refractivity contribution in [1.29, 1.82) is 0 Å². The van der Waals surface area contributed by atoms with Crippen LogP contribution in [-0.4, -0.2) is 18.3 Å². The topological polar surface area (TPSA) is 55.4 Å². The molecule has 4 rings (SSSR count). The first-order valence-electron chi connectivity index (χ1n) is 8.98. The van der Waals surface area contributed by atoms with Gasteiger partial charge in [0.25, 0.3) is 0 Å². The maximum atomic E-state index is 13.0. The van der Waals surface area contributed by atoms with Gasteiger partial charge in [0, 0.05) is 34.9 Å². The van der Waals surface area contributed by atoms with Crippen LogP contribution in [0.5, 0.6) is 5.75 Å². The number of allylic oxidation sites excluding steroid dienone is 2. The Kier molecular flexibility index (Phi) is 4.64. The van der Waals surface area contributed by atoms with E-state index in [1.807, 2.05) is 48.7 Å². The summed E-state index contributed by atoms with van der Waals surface area (Å²) in [7, 11) is 0. The summed E-state index contributed by atoms with van der Waals surface area (Å²) < 4.78 is 5.49. The summed E-state index contributed by atoms with van der Waals surface area (Å²) in [6.45, 7) is 2.59. The van der Waals surface area contributed by atoms with Crippen LogP contribution >= 0.6 is 11.3 Å². The molecular weight excluding hydrogens is 346 g/mol. The van der Waals surface area contributed by atoms with Gasteiger partial charge in [0.2, 0.25) is 5.91 Å². The maximum Gasteiger partial charge on any atom is 0.225 e. The molecule has 2 atom stereocenters. The predicted octanol–water partition coefficient (Wildman–Crippen LogP) is 4.15. The van der Waals surface area contributed by atoms with Gasteiger partial charge in [-0.05, 0) is 48.4 Å². The van der Waals surface area contributed by atoms with Gasteiger partial charge in [-0.25, -0.2) is 0 Å². The number of Topliss-reactive ketones (excluding diaryl/α,β-unsaturated/α-hetero) is 1. The first-order chi connectivity index (χ1) is 12.7. The van der Waals surface area contributed by atoms with E-state index in [0.29, 0.717) is 25.9 Å². The van der Waals surface area contributed by atoms with E-state index in [9.17, 15) is 9.59 Å². The minimum atomic E-state index is -0.0902. The zero-order valence-corrected chi connectivity index (χ0v) is 15.5. The SMILES string of the molecule is CCOc1ccc(C2CC(=O)C3=C(C2)NC(=O)CC3c2cccs2)cc1. The van der Waals surface area contributed by atoms with Crippen molar-refractivity contribution >= 4 is 23.0 Å². The van der Waals surface area contributed by atoms with Crippen molar-refractivity contribution < 1.29 is 14.3 Å². The van der Waals surface area contributed by atoms with Gasteiger partial charge in [-0.1, -0.05) is 18.2 Å². The van der Waals surface area contributed by atoms with Crippen molar-refractivity contribution in [2.24, 2.45) is 0 Å². The van der Waals surface area contributed by atoms with E-state index >= 15 is 0 Å². The summed E-state index contributed by atoms with van der Waals surface area (Å²) in [5.41, 5.74) is 2.74. The summed E-state index contributed by atoms with van der Waals surface area (Å²) in [6.07, 6.45) is 1.55.